The number of piperidine rings is 1. The van der Waals surface area contributed by atoms with Gasteiger partial charge in [-0.2, -0.15) is 5.26 Å². The summed E-state index contributed by atoms with van der Waals surface area (Å²) >= 11 is 0. The molecule has 1 aliphatic heterocycles. The molecule has 1 rings (SSSR count). The molecule has 0 bridgehead atoms. The van der Waals surface area contributed by atoms with Gasteiger partial charge in [0.2, 0.25) is 0 Å². The van der Waals surface area contributed by atoms with E-state index in [1.807, 2.05) is 4.90 Å². The predicted octanol–water partition coefficient (Wildman–Crippen LogP) is 1.44. The van der Waals surface area contributed by atoms with Crippen molar-refractivity contribution in [3.8, 4) is 6.07 Å². The Labute approximate surface area is 85.1 Å². The van der Waals surface area contributed by atoms with Crippen LogP contribution in [0.1, 0.15) is 26.2 Å². The van der Waals surface area contributed by atoms with Gasteiger partial charge in [-0.25, -0.2) is 4.79 Å². The van der Waals surface area contributed by atoms with Crippen LogP contribution in [-0.4, -0.2) is 42.0 Å². The molecule has 4 heteroatoms. The molecule has 0 N–H and O–H groups in total. The summed E-state index contributed by atoms with van der Waals surface area (Å²) in [4.78, 5) is 15.1. The Morgan fingerprint density at radius 2 is 2.00 bits per heavy atom. The van der Waals surface area contributed by atoms with Gasteiger partial charge in [0, 0.05) is 20.1 Å². The molecule has 1 heterocycles. The molecular formula is C10H17N3O. The smallest absolute Gasteiger partial charge is 0.320 e. The van der Waals surface area contributed by atoms with E-state index in [2.05, 4.69) is 6.07 Å². The first-order valence-electron chi connectivity index (χ1n) is 5.08. The Balaban J connectivity index is 2.51. The van der Waals surface area contributed by atoms with Crippen LogP contribution < -0.4 is 0 Å². The summed E-state index contributed by atoms with van der Waals surface area (Å²) < 4.78 is 0. The second-order valence-corrected chi connectivity index (χ2v) is 3.75. The van der Waals surface area contributed by atoms with Crippen LogP contribution in [0.2, 0.25) is 0 Å². The molecule has 1 aliphatic rings. The van der Waals surface area contributed by atoms with E-state index in [-0.39, 0.29) is 12.1 Å². The molecule has 0 saturated carbocycles. The molecule has 0 aromatic carbocycles. The first-order chi connectivity index (χ1) is 6.66. The topological polar surface area (TPSA) is 47.3 Å². The maximum atomic E-state index is 11.8. The van der Waals surface area contributed by atoms with Crippen LogP contribution in [-0.2, 0) is 0 Å². The summed E-state index contributed by atoms with van der Waals surface area (Å²) in [5, 5.41) is 8.69. The standard InChI is InChI=1S/C10H17N3O/c1-9(8-11)12(2)10(14)13-6-4-3-5-7-13/h9H,3-7H2,1-2H3. The lowest BCUT2D eigenvalue weighted by Gasteiger charge is -2.31. The minimum Gasteiger partial charge on any atom is -0.325 e. The predicted molar refractivity (Wildman–Crippen MR) is 53.7 cm³/mol. The van der Waals surface area contributed by atoms with Crippen LogP contribution in [0.15, 0.2) is 0 Å². The maximum Gasteiger partial charge on any atom is 0.320 e. The molecular weight excluding hydrogens is 178 g/mol. The summed E-state index contributed by atoms with van der Waals surface area (Å²) in [5.74, 6) is 0. The minimum atomic E-state index is -0.343. The fourth-order valence-electron chi connectivity index (χ4n) is 1.56. The van der Waals surface area contributed by atoms with Gasteiger partial charge in [-0.3, -0.25) is 0 Å². The highest BCUT2D eigenvalue weighted by molar-refractivity contribution is 5.74. The van der Waals surface area contributed by atoms with Crippen molar-refractivity contribution in [2.75, 3.05) is 20.1 Å². The number of nitriles is 1. The lowest BCUT2D eigenvalue weighted by Crippen LogP contribution is -2.46. The van der Waals surface area contributed by atoms with Crippen molar-refractivity contribution >= 4 is 6.03 Å². The van der Waals surface area contributed by atoms with Gasteiger partial charge in [-0.1, -0.05) is 0 Å². The zero-order chi connectivity index (χ0) is 10.6. The van der Waals surface area contributed by atoms with E-state index < -0.39 is 0 Å². The first-order valence-corrected chi connectivity index (χ1v) is 5.08. The largest absolute Gasteiger partial charge is 0.325 e. The van der Waals surface area contributed by atoms with Gasteiger partial charge in [0.1, 0.15) is 6.04 Å². The number of urea groups is 1. The average molecular weight is 195 g/mol. The van der Waals surface area contributed by atoms with Crippen LogP contribution in [0.3, 0.4) is 0 Å². The van der Waals surface area contributed by atoms with Crippen molar-refractivity contribution < 1.29 is 4.79 Å². The van der Waals surface area contributed by atoms with E-state index >= 15 is 0 Å². The van der Waals surface area contributed by atoms with Crippen LogP contribution in [0.4, 0.5) is 4.79 Å². The Bertz CT molecular complexity index is 240. The number of nitrogens with zero attached hydrogens (tertiary/aromatic N) is 3. The molecule has 0 aliphatic carbocycles. The summed E-state index contributed by atoms with van der Waals surface area (Å²) in [6.45, 7) is 3.41. The van der Waals surface area contributed by atoms with E-state index in [1.54, 1.807) is 14.0 Å². The normalized spacial score (nSPS) is 18.5. The first kappa shape index (κ1) is 10.8. The third kappa shape index (κ3) is 2.38. The van der Waals surface area contributed by atoms with E-state index in [4.69, 9.17) is 5.26 Å². The highest BCUT2D eigenvalue weighted by atomic mass is 16.2. The van der Waals surface area contributed by atoms with Crippen molar-refractivity contribution in [3.63, 3.8) is 0 Å². The number of carbonyl (C=O) groups is 1. The van der Waals surface area contributed by atoms with Crippen LogP contribution in [0.5, 0.6) is 0 Å². The van der Waals surface area contributed by atoms with Gasteiger partial charge in [0.25, 0.3) is 0 Å². The molecule has 2 amide bonds. The zero-order valence-electron chi connectivity index (χ0n) is 8.86. The number of amides is 2. The fraction of sp³-hybridized carbons (Fsp3) is 0.800. The quantitative estimate of drug-likeness (QED) is 0.635. The molecule has 14 heavy (non-hydrogen) atoms. The Morgan fingerprint density at radius 1 is 1.43 bits per heavy atom. The van der Waals surface area contributed by atoms with E-state index in [0.29, 0.717) is 0 Å². The number of carbonyl (C=O) groups excluding carboxylic acids is 1. The molecule has 1 unspecified atom stereocenters. The fourth-order valence-corrected chi connectivity index (χ4v) is 1.56. The highest BCUT2D eigenvalue weighted by Crippen LogP contribution is 2.11. The van der Waals surface area contributed by atoms with Crippen LogP contribution in [0.25, 0.3) is 0 Å². The van der Waals surface area contributed by atoms with Gasteiger partial charge in [0.05, 0.1) is 6.07 Å². The number of rotatable bonds is 1. The van der Waals surface area contributed by atoms with Crippen LogP contribution in [0, 0.1) is 11.3 Å². The van der Waals surface area contributed by atoms with Crippen molar-refractivity contribution in [2.24, 2.45) is 0 Å². The zero-order valence-corrected chi connectivity index (χ0v) is 8.86. The molecule has 0 aromatic rings. The maximum absolute atomic E-state index is 11.8. The second kappa shape index (κ2) is 4.85. The van der Waals surface area contributed by atoms with E-state index in [9.17, 15) is 4.79 Å². The Kier molecular flexibility index (Phi) is 3.75. The van der Waals surface area contributed by atoms with Crippen LogP contribution >= 0.6 is 0 Å². The summed E-state index contributed by atoms with van der Waals surface area (Å²) in [6, 6.07) is 1.70. The number of hydrogen-bond acceptors (Lipinski definition) is 2. The third-order valence-electron chi connectivity index (χ3n) is 2.70. The Hall–Kier alpha value is -1.24. The highest BCUT2D eigenvalue weighted by Gasteiger charge is 2.22. The lowest BCUT2D eigenvalue weighted by molar-refractivity contribution is 0.148. The third-order valence-corrected chi connectivity index (χ3v) is 2.70. The number of hydrogen-bond donors (Lipinski definition) is 0. The molecule has 78 valence electrons. The summed E-state index contributed by atoms with van der Waals surface area (Å²) in [7, 11) is 1.69. The molecule has 0 radical (unpaired) electrons. The van der Waals surface area contributed by atoms with Crippen molar-refractivity contribution in [1.82, 2.24) is 9.80 Å². The average Bonchev–Trinajstić information content (AvgIpc) is 2.27. The van der Waals surface area contributed by atoms with Gasteiger partial charge >= 0.3 is 6.03 Å². The Morgan fingerprint density at radius 3 is 2.50 bits per heavy atom. The van der Waals surface area contributed by atoms with Gasteiger partial charge in [-0.15, -0.1) is 0 Å². The summed E-state index contributed by atoms with van der Waals surface area (Å²) in [5.41, 5.74) is 0. The minimum absolute atomic E-state index is 0.0150. The summed E-state index contributed by atoms with van der Waals surface area (Å²) in [6.07, 6.45) is 3.38. The second-order valence-electron chi connectivity index (χ2n) is 3.75. The molecule has 1 saturated heterocycles. The molecule has 0 spiro atoms. The van der Waals surface area contributed by atoms with Crippen molar-refractivity contribution in [1.29, 1.82) is 5.26 Å². The number of likely N-dealkylation sites (tertiary alicyclic amines) is 1. The lowest BCUT2D eigenvalue weighted by atomic mass is 10.1. The molecule has 1 fully saturated rings. The van der Waals surface area contributed by atoms with E-state index in [0.717, 1.165) is 25.9 Å². The molecule has 1 atom stereocenters. The van der Waals surface area contributed by atoms with Gasteiger partial charge in [0.15, 0.2) is 0 Å². The molecule has 0 aromatic heterocycles. The van der Waals surface area contributed by atoms with Gasteiger partial charge < -0.3 is 9.80 Å². The monoisotopic (exact) mass is 195 g/mol. The van der Waals surface area contributed by atoms with E-state index in [1.165, 1.54) is 11.3 Å². The van der Waals surface area contributed by atoms with Gasteiger partial charge in [-0.05, 0) is 26.2 Å². The molecule has 4 nitrogen and oxygen atoms in total. The van der Waals surface area contributed by atoms with Crippen molar-refractivity contribution in [2.45, 2.75) is 32.2 Å². The SMILES string of the molecule is CC(C#N)N(C)C(=O)N1CCCCC1. The van der Waals surface area contributed by atoms with Crippen molar-refractivity contribution in [3.05, 3.63) is 0 Å².